The van der Waals surface area contributed by atoms with E-state index in [0.717, 1.165) is 0 Å². The van der Waals surface area contributed by atoms with Crippen LogP contribution >= 0.6 is 0 Å². The number of likely N-dealkylation sites (N-methyl/N-ethyl adjacent to an activating group) is 1. The van der Waals surface area contributed by atoms with E-state index in [9.17, 15) is 9.59 Å². The van der Waals surface area contributed by atoms with Crippen molar-refractivity contribution in [2.75, 3.05) is 20.2 Å². The molecule has 68 valence electrons. The molecule has 1 amide bonds. The molecule has 1 saturated heterocycles. The number of esters is 1. The standard InChI is InChI=1S/C7H12N2O3/c1-9(6(10)4-8)5-2-3-12-7(5)11/h5H,2-4,8H2,1H3. The fourth-order valence-electron chi connectivity index (χ4n) is 1.15. The molecule has 5 nitrogen and oxygen atoms in total. The van der Waals surface area contributed by atoms with Gasteiger partial charge < -0.3 is 15.4 Å². The van der Waals surface area contributed by atoms with E-state index in [-0.39, 0.29) is 18.4 Å². The Bertz CT molecular complexity index is 205. The fourth-order valence-corrected chi connectivity index (χ4v) is 1.15. The van der Waals surface area contributed by atoms with Gasteiger partial charge in [-0.05, 0) is 0 Å². The van der Waals surface area contributed by atoms with Crippen molar-refractivity contribution in [1.29, 1.82) is 0 Å². The highest BCUT2D eigenvalue weighted by Gasteiger charge is 2.32. The quantitative estimate of drug-likeness (QED) is 0.526. The van der Waals surface area contributed by atoms with Crippen molar-refractivity contribution in [1.82, 2.24) is 4.90 Å². The zero-order valence-corrected chi connectivity index (χ0v) is 6.95. The van der Waals surface area contributed by atoms with Crippen LogP contribution in [0.1, 0.15) is 6.42 Å². The van der Waals surface area contributed by atoms with Crippen molar-refractivity contribution in [2.45, 2.75) is 12.5 Å². The third-order valence-corrected chi connectivity index (χ3v) is 1.94. The lowest BCUT2D eigenvalue weighted by molar-refractivity contribution is -0.146. The lowest BCUT2D eigenvalue weighted by Crippen LogP contribution is -2.42. The van der Waals surface area contributed by atoms with E-state index >= 15 is 0 Å². The van der Waals surface area contributed by atoms with Gasteiger partial charge in [0.1, 0.15) is 6.04 Å². The van der Waals surface area contributed by atoms with E-state index in [1.54, 1.807) is 7.05 Å². The number of carbonyl (C=O) groups excluding carboxylic acids is 2. The number of amides is 1. The van der Waals surface area contributed by atoms with Crippen LogP contribution in [0.15, 0.2) is 0 Å². The smallest absolute Gasteiger partial charge is 0.328 e. The van der Waals surface area contributed by atoms with Gasteiger partial charge >= 0.3 is 5.97 Å². The monoisotopic (exact) mass is 172 g/mol. The molecule has 1 aliphatic heterocycles. The van der Waals surface area contributed by atoms with E-state index in [0.29, 0.717) is 13.0 Å². The van der Waals surface area contributed by atoms with Gasteiger partial charge in [0.15, 0.2) is 0 Å². The minimum Gasteiger partial charge on any atom is -0.464 e. The molecule has 1 unspecified atom stereocenters. The molecule has 0 spiro atoms. The molecule has 1 aliphatic rings. The Morgan fingerprint density at radius 2 is 2.50 bits per heavy atom. The highest BCUT2D eigenvalue weighted by atomic mass is 16.5. The molecule has 1 rings (SSSR count). The van der Waals surface area contributed by atoms with Crippen LogP contribution < -0.4 is 5.73 Å². The topological polar surface area (TPSA) is 72.6 Å². The summed E-state index contributed by atoms with van der Waals surface area (Å²) in [5.41, 5.74) is 5.14. The van der Waals surface area contributed by atoms with Gasteiger partial charge in [-0.1, -0.05) is 0 Å². The number of hydrogen-bond acceptors (Lipinski definition) is 4. The Hall–Kier alpha value is -1.10. The molecule has 0 aromatic carbocycles. The van der Waals surface area contributed by atoms with Crippen molar-refractivity contribution >= 4 is 11.9 Å². The van der Waals surface area contributed by atoms with Crippen LogP contribution in [0, 0.1) is 0 Å². The highest BCUT2D eigenvalue weighted by Crippen LogP contribution is 2.11. The molecule has 1 fully saturated rings. The summed E-state index contributed by atoms with van der Waals surface area (Å²) in [5, 5.41) is 0. The van der Waals surface area contributed by atoms with Crippen LogP contribution in [-0.4, -0.2) is 43.0 Å². The number of nitrogens with zero attached hydrogens (tertiary/aromatic N) is 1. The molecular weight excluding hydrogens is 160 g/mol. The summed E-state index contributed by atoms with van der Waals surface area (Å²) in [6.45, 7) is 0.325. The van der Waals surface area contributed by atoms with Gasteiger partial charge in [0.05, 0.1) is 13.2 Å². The Labute approximate surface area is 70.5 Å². The maximum absolute atomic E-state index is 11.0. The Kier molecular flexibility index (Phi) is 2.65. The molecule has 0 aliphatic carbocycles. The SMILES string of the molecule is CN(C(=O)CN)C1CCOC1=O. The van der Waals surface area contributed by atoms with Gasteiger partial charge in [0.2, 0.25) is 5.91 Å². The molecule has 0 aromatic heterocycles. The number of cyclic esters (lactones) is 1. The predicted molar refractivity (Wildman–Crippen MR) is 41.2 cm³/mol. The lowest BCUT2D eigenvalue weighted by atomic mass is 10.2. The van der Waals surface area contributed by atoms with Crippen LogP contribution in [0.2, 0.25) is 0 Å². The van der Waals surface area contributed by atoms with Crippen LogP contribution in [0.5, 0.6) is 0 Å². The molecule has 0 aromatic rings. The molecular formula is C7H12N2O3. The van der Waals surface area contributed by atoms with Crippen molar-refractivity contribution < 1.29 is 14.3 Å². The van der Waals surface area contributed by atoms with Crippen LogP contribution in [0.25, 0.3) is 0 Å². The predicted octanol–water partition coefficient (Wildman–Crippen LogP) is -1.28. The van der Waals surface area contributed by atoms with Crippen molar-refractivity contribution in [3.05, 3.63) is 0 Å². The summed E-state index contributed by atoms with van der Waals surface area (Å²) in [6.07, 6.45) is 0.571. The molecule has 0 bridgehead atoms. The minimum atomic E-state index is -0.430. The van der Waals surface area contributed by atoms with E-state index in [1.807, 2.05) is 0 Å². The van der Waals surface area contributed by atoms with E-state index in [1.165, 1.54) is 4.90 Å². The Morgan fingerprint density at radius 3 is 2.92 bits per heavy atom. The van der Waals surface area contributed by atoms with Crippen molar-refractivity contribution in [2.24, 2.45) is 5.73 Å². The largest absolute Gasteiger partial charge is 0.464 e. The summed E-state index contributed by atoms with van der Waals surface area (Å²) in [6, 6.07) is -0.430. The molecule has 12 heavy (non-hydrogen) atoms. The Balaban J connectivity index is 2.57. The number of hydrogen-bond donors (Lipinski definition) is 1. The number of nitrogens with two attached hydrogens (primary N) is 1. The average Bonchev–Trinajstić information content (AvgIpc) is 2.48. The van der Waals surface area contributed by atoms with Crippen LogP contribution in [0.3, 0.4) is 0 Å². The van der Waals surface area contributed by atoms with Gasteiger partial charge in [0.25, 0.3) is 0 Å². The molecule has 5 heteroatoms. The van der Waals surface area contributed by atoms with Gasteiger partial charge in [-0.25, -0.2) is 4.79 Å². The summed E-state index contributed by atoms with van der Waals surface area (Å²) in [4.78, 5) is 23.4. The first-order valence-electron chi connectivity index (χ1n) is 3.79. The summed E-state index contributed by atoms with van der Waals surface area (Å²) in [7, 11) is 1.56. The zero-order chi connectivity index (χ0) is 9.14. The van der Waals surface area contributed by atoms with Crippen LogP contribution in [-0.2, 0) is 14.3 Å². The molecule has 2 N–H and O–H groups in total. The molecule has 0 radical (unpaired) electrons. The number of ether oxygens (including phenoxy) is 1. The van der Waals surface area contributed by atoms with E-state index in [4.69, 9.17) is 10.5 Å². The highest BCUT2D eigenvalue weighted by molar-refractivity contribution is 5.86. The first kappa shape index (κ1) is 8.99. The maximum atomic E-state index is 11.0. The van der Waals surface area contributed by atoms with Gasteiger partial charge in [0, 0.05) is 13.5 Å². The van der Waals surface area contributed by atoms with Crippen molar-refractivity contribution in [3.63, 3.8) is 0 Å². The molecule has 1 heterocycles. The normalized spacial score (nSPS) is 22.2. The van der Waals surface area contributed by atoms with Gasteiger partial charge in [-0.3, -0.25) is 4.79 Å². The van der Waals surface area contributed by atoms with Gasteiger partial charge in [-0.15, -0.1) is 0 Å². The molecule has 1 atom stereocenters. The number of rotatable bonds is 2. The van der Waals surface area contributed by atoms with Gasteiger partial charge in [-0.2, -0.15) is 0 Å². The zero-order valence-electron chi connectivity index (χ0n) is 6.95. The minimum absolute atomic E-state index is 0.0692. The lowest BCUT2D eigenvalue weighted by Gasteiger charge is -2.20. The second-order valence-corrected chi connectivity index (χ2v) is 2.68. The average molecular weight is 172 g/mol. The number of carbonyl (C=O) groups is 2. The van der Waals surface area contributed by atoms with Crippen molar-refractivity contribution in [3.8, 4) is 0 Å². The summed E-state index contributed by atoms with van der Waals surface area (Å²) >= 11 is 0. The maximum Gasteiger partial charge on any atom is 0.328 e. The summed E-state index contributed by atoms with van der Waals surface area (Å²) in [5.74, 6) is -0.571. The van der Waals surface area contributed by atoms with Crippen LogP contribution in [0.4, 0.5) is 0 Å². The third kappa shape index (κ3) is 1.55. The van der Waals surface area contributed by atoms with E-state index in [2.05, 4.69) is 0 Å². The molecule has 0 saturated carbocycles. The first-order chi connectivity index (χ1) is 5.66. The first-order valence-corrected chi connectivity index (χ1v) is 3.79. The van der Waals surface area contributed by atoms with E-state index < -0.39 is 6.04 Å². The second-order valence-electron chi connectivity index (χ2n) is 2.68. The fraction of sp³-hybridized carbons (Fsp3) is 0.714. The second kappa shape index (κ2) is 3.53. The third-order valence-electron chi connectivity index (χ3n) is 1.94. The Morgan fingerprint density at radius 1 is 1.83 bits per heavy atom. The summed E-state index contributed by atoms with van der Waals surface area (Å²) < 4.78 is 4.71.